The highest BCUT2D eigenvalue weighted by atomic mass is 35.5. The molecule has 4 rings (SSSR count). The molecular formula is C21H23ClN6O2. The van der Waals surface area contributed by atoms with Crippen LogP contribution >= 0.6 is 11.6 Å². The van der Waals surface area contributed by atoms with E-state index in [0.29, 0.717) is 35.5 Å². The van der Waals surface area contributed by atoms with Crippen molar-refractivity contribution in [2.75, 3.05) is 19.6 Å². The van der Waals surface area contributed by atoms with Gasteiger partial charge >= 0.3 is 0 Å². The molecule has 1 aliphatic rings. The predicted octanol–water partition coefficient (Wildman–Crippen LogP) is 3.07. The lowest BCUT2D eigenvalue weighted by Gasteiger charge is -2.28. The van der Waals surface area contributed by atoms with Crippen LogP contribution in [0.15, 0.2) is 47.2 Å². The molecule has 0 saturated carbocycles. The number of rotatable bonds is 8. The van der Waals surface area contributed by atoms with Crippen molar-refractivity contribution >= 4 is 17.5 Å². The van der Waals surface area contributed by atoms with Crippen LogP contribution in [-0.2, 0) is 11.2 Å². The standard InChI is InChI=1S/C21H23ClN6O2/c22-16-6-3-5-15(13-16)17(28-11-1-2-12-28)14-25-18(29)7-8-19-26-21(27-30-19)20-23-9-4-10-24-20/h3-6,9-10,13,17H,1-2,7-8,11-12,14H2,(H,25,29). The second-order valence-corrected chi connectivity index (χ2v) is 7.64. The predicted molar refractivity (Wildman–Crippen MR) is 112 cm³/mol. The second kappa shape index (κ2) is 9.77. The highest BCUT2D eigenvalue weighted by Crippen LogP contribution is 2.26. The molecule has 1 fully saturated rings. The first-order valence-electron chi connectivity index (χ1n) is 10.1. The van der Waals surface area contributed by atoms with Crippen molar-refractivity contribution in [3.63, 3.8) is 0 Å². The minimum absolute atomic E-state index is 0.0584. The molecule has 156 valence electrons. The molecule has 1 N–H and O–H groups in total. The van der Waals surface area contributed by atoms with Crippen molar-refractivity contribution in [3.8, 4) is 11.6 Å². The molecule has 9 heteroatoms. The van der Waals surface area contributed by atoms with Crippen LogP contribution in [0.25, 0.3) is 11.6 Å². The van der Waals surface area contributed by atoms with Gasteiger partial charge in [0.2, 0.25) is 23.4 Å². The molecule has 8 nitrogen and oxygen atoms in total. The summed E-state index contributed by atoms with van der Waals surface area (Å²) < 4.78 is 5.21. The van der Waals surface area contributed by atoms with Crippen molar-refractivity contribution < 1.29 is 9.32 Å². The van der Waals surface area contributed by atoms with E-state index < -0.39 is 0 Å². The molecule has 1 aliphatic heterocycles. The molecule has 1 amide bonds. The van der Waals surface area contributed by atoms with Crippen LogP contribution < -0.4 is 5.32 Å². The maximum atomic E-state index is 12.4. The molecule has 1 atom stereocenters. The van der Waals surface area contributed by atoms with Crippen LogP contribution in [0.1, 0.15) is 36.8 Å². The van der Waals surface area contributed by atoms with Crippen LogP contribution in [0.4, 0.5) is 0 Å². The smallest absolute Gasteiger partial charge is 0.240 e. The van der Waals surface area contributed by atoms with Crippen LogP contribution in [0.3, 0.4) is 0 Å². The lowest BCUT2D eigenvalue weighted by Crippen LogP contribution is -2.36. The molecule has 30 heavy (non-hydrogen) atoms. The molecule has 1 saturated heterocycles. The summed E-state index contributed by atoms with van der Waals surface area (Å²) in [5.41, 5.74) is 1.12. The summed E-state index contributed by atoms with van der Waals surface area (Å²) in [6, 6.07) is 9.68. The number of nitrogens with zero attached hydrogens (tertiary/aromatic N) is 5. The highest BCUT2D eigenvalue weighted by molar-refractivity contribution is 6.30. The van der Waals surface area contributed by atoms with E-state index in [-0.39, 0.29) is 18.4 Å². The van der Waals surface area contributed by atoms with Gasteiger partial charge in [0.05, 0.1) is 6.04 Å². The Balaban J connectivity index is 1.32. The van der Waals surface area contributed by atoms with Gasteiger partial charge < -0.3 is 9.84 Å². The van der Waals surface area contributed by atoms with E-state index in [9.17, 15) is 4.79 Å². The van der Waals surface area contributed by atoms with E-state index >= 15 is 0 Å². The summed E-state index contributed by atoms with van der Waals surface area (Å²) in [6.45, 7) is 2.59. The summed E-state index contributed by atoms with van der Waals surface area (Å²) in [6.07, 6.45) is 6.20. The quantitative estimate of drug-likeness (QED) is 0.591. The number of carbonyl (C=O) groups excluding carboxylic acids is 1. The Hall–Kier alpha value is -2.84. The van der Waals surface area contributed by atoms with Gasteiger partial charge in [0, 0.05) is 36.8 Å². The molecule has 1 unspecified atom stereocenters. The Morgan fingerprint density at radius 2 is 1.97 bits per heavy atom. The maximum absolute atomic E-state index is 12.4. The second-order valence-electron chi connectivity index (χ2n) is 7.20. The Kier molecular flexibility index (Phi) is 6.66. The van der Waals surface area contributed by atoms with Gasteiger partial charge in [-0.25, -0.2) is 9.97 Å². The lowest BCUT2D eigenvalue weighted by molar-refractivity contribution is -0.121. The van der Waals surface area contributed by atoms with E-state index in [0.717, 1.165) is 18.7 Å². The van der Waals surface area contributed by atoms with Crippen LogP contribution in [0, 0.1) is 0 Å². The van der Waals surface area contributed by atoms with Crippen LogP contribution in [0.2, 0.25) is 5.02 Å². The number of aryl methyl sites for hydroxylation is 1. The Morgan fingerprint density at radius 3 is 2.73 bits per heavy atom. The first kappa shape index (κ1) is 20.4. The summed E-state index contributed by atoms with van der Waals surface area (Å²) in [4.78, 5) is 27.3. The minimum atomic E-state index is -0.0584. The zero-order valence-corrected chi connectivity index (χ0v) is 17.3. The normalized spacial score (nSPS) is 15.2. The Labute approximate surface area is 179 Å². The minimum Gasteiger partial charge on any atom is -0.354 e. The monoisotopic (exact) mass is 426 g/mol. The van der Waals surface area contributed by atoms with Gasteiger partial charge in [0.25, 0.3) is 0 Å². The largest absolute Gasteiger partial charge is 0.354 e. The summed E-state index contributed by atoms with van der Waals surface area (Å²) in [7, 11) is 0. The van der Waals surface area contributed by atoms with E-state index in [1.165, 1.54) is 12.8 Å². The molecule has 0 aliphatic carbocycles. The van der Waals surface area contributed by atoms with E-state index in [2.05, 4.69) is 36.4 Å². The molecule has 1 aromatic carbocycles. The maximum Gasteiger partial charge on any atom is 0.240 e. The van der Waals surface area contributed by atoms with Gasteiger partial charge in [-0.2, -0.15) is 4.98 Å². The average Bonchev–Trinajstić information content (AvgIpc) is 3.46. The number of aromatic nitrogens is 4. The number of benzene rings is 1. The molecule has 0 spiro atoms. The number of hydrogen-bond donors (Lipinski definition) is 1. The molecule has 0 radical (unpaired) electrons. The van der Waals surface area contributed by atoms with E-state index in [1.807, 2.05) is 18.2 Å². The van der Waals surface area contributed by atoms with Crippen molar-refractivity contribution in [3.05, 3.63) is 59.2 Å². The first-order chi connectivity index (χ1) is 14.7. The SMILES string of the molecule is O=C(CCc1nc(-c2ncccn2)no1)NCC(c1cccc(Cl)c1)N1CCCC1. The van der Waals surface area contributed by atoms with Crippen LogP contribution in [0.5, 0.6) is 0 Å². The van der Waals surface area contributed by atoms with E-state index in [1.54, 1.807) is 18.5 Å². The molecule has 2 aromatic heterocycles. The third-order valence-electron chi connectivity index (χ3n) is 5.11. The van der Waals surface area contributed by atoms with Crippen molar-refractivity contribution in [2.24, 2.45) is 0 Å². The molecule has 3 heterocycles. The highest BCUT2D eigenvalue weighted by Gasteiger charge is 2.24. The number of halogens is 1. The third-order valence-corrected chi connectivity index (χ3v) is 5.34. The summed E-state index contributed by atoms with van der Waals surface area (Å²) in [5.74, 6) is 1.04. The number of likely N-dealkylation sites (tertiary alicyclic amines) is 1. The van der Waals surface area contributed by atoms with Crippen LogP contribution in [-0.4, -0.2) is 50.5 Å². The van der Waals surface area contributed by atoms with Gasteiger partial charge in [0.15, 0.2) is 0 Å². The van der Waals surface area contributed by atoms with Crippen molar-refractivity contribution in [2.45, 2.75) is 31.7 Å². The summed E-state index contributed by atoms with van der Waals surface area (Å²) >= 11 is 6.18. The summed E-state index contributed by atoms with van der Waals surface area (Å²) in [5, 5.41) is 7.63. The fraction of sp³-hybridized carbons (Fsp3) is 0.381. The number of nitrogens with one attached hydrogen (secondary N) is 1. The Morgan fingerprint density at radius 1 is 1.17 bits per heavy atom. The molecule has 3 aromatic rings. The average molecular weight is 427 g/mol. The van der Waals surface area contributed by atoms with Gasteiger partial charge in [-0.1, -0.05) is 28.9 Å². The number of amides is 1. The fourth-order valence-corrected chi connectivity index (χ4v) is 3.80. The van der Waals surface area contributed by atoms with Gasteiger partial charge in [0.1, 0.15) is 0 Å². The lowest BCUT2D eigenvalue weighted by atomic mass is 10.1. The number of carbonyl (C=O) groups is 1. The van der Waals surface area contributed by atoms with Crippen molar-refractivity contribution in [1.82, 2.24) is 30.3 Å². The van der Waals surface area contributed by atoms with Gasteiger partial charge in [-0.15, -0.1) is 0 Å². The molecule has 0 bridgehead atoms. The Bertz CT molecular complexity index is 974. The molecular weight excluding hydrogens is 404 g/mol. The van der Waals surface area contributed by atoms with Gasteiger partial charge in [-0.3, -0.25) is 9.69 Å². The zero-order valence-electron chi connectivity index (χ0n) is 16.5. The zero-order chi connectivity index (χ0) is 20.8. The fourth-order valence-electron chi connectivity index (χ4n) is 3.61. The van der Waals surface area contributed by atoms with E-state index in [4.69, 9.17) is 16.1 Å². The first-order valence-corrected chi connectivity index (χ1v) is 10.4. The third kappa shape index (κ3) is 5.20. The van der Waals surface area contributed by atoms with Gasteiger partial charge in [-0.05, 0) is 49.7 Å². The van der Waals surface area contributed by atoms with Crippen molar-refractivity contribution in [1.29, 1.82) is 0 Å². The number of hydrogen-bond acceptors (Lipinski definition) is 7. The topological polar surface area (TPSA) is 97.0 Å².